The van der Waals surface area contributed by atoms with E-state index in [1.165, 1.54) is 7.11 Å². The molecule has 0 aliphatic carbocycles. The maximum absolute atomic E-state index is 10.9. The molecular weight excluding hydrogens is 132 g/mol. The van der Waals surface area contributed by atoms with Crippen molar-refractivity contribution in [2.75, 3.05) is 20.2 Å². The number of nitrogens with zero attached hydrogens (tertiary/aromatic N) is 1. The lowest BCUT2D eigenvalue weighted by Crippen LogP contribution is -2.38. The Morgan fingerprint density at radius 3 is 2.30 bits per heavy atom. The van der Waals surface area contributed by atoms with Crippen LogP contribution >= 0.6 is 0 Å². The third-order valence-electron chi connectivity index (χ3n) is 1.24. The fraction of sp³-hybridized carbons (Fsp3) is 0.833. The summed E-state index contributed by atoms with van der Waals surface area (Å²) < 4.78 is 0. The van der Waals surface area contributed by atoms with Gasteiger partial charge in [0.25, 0.3) is 0 Å². The maximum atomic E-state index is 10.9. The number of carbonyl (C=O) groups is 1. The first-order valence-electron chi connectivity index (χ1n) is 3.34. The SMILES string of the molecule is CCN(CC)C(=O)NOC. The fourth-order valence-corrected chi connectivity index (χ4v) is 0.663. The largest absolute Gasteiger partial charge is 0.341 e. The number of carbonyl (C=O) groups excluding carboxylic acids is 1. The first-order chi connectivity index (χ1) is 4.76. The molecule has 0 aliphatic heterocycles. The minimum atomic E-state index is -0.187. The van der Waals surface area contributed by atoms with Crippen LogP contribution in [0.2, 0.25) is 0 Å². The molecule has 0 aromatic carbocycles. The Balaban J connectivity index is 3.65. The highest BCUT2D eigenvalue weighted by atomic mass is 16.6. The standard InChI is InChI=1S/C6H14N2O2/c1-4-8(5-2)6(9)7-10-3/h4-5H2,1-3H3,(H,7,9). The molecule has 10 heavy (non-hydrogen) atoms. The van der Waals surface area contributed by atoms with Crippen LogP contribution < -0.4 is 5.48 Å². The molecule has 60 valence electrons. The summed E-state index contributed by atoms with van der Waals surface area (Å²) in [6.07, 6.45) is 0. The van der Waals surface area contributed by atoms with Crippen molar-refractivity contribution >= 4 is 6.03 Å². The van der Waals surface area contributed by atoms with Crippen molar-refractivity contribution in [3.05, 3.63) is 0 Å². The van der Waals surface area contributed by atoms with E-state index in [2.05, 4.69) is 10.3 Å². The van der Waals surface area contributed by atoms with Crippen molar-refractivity contribution in [2.45, 2.75) is 13.8 Å². The Bertz CT molecular complexity index is 102. The second-order valence-corrected chi connectivity index (χ2v) is 1.78. The van der Waals surface area contributed by atoms with E-state index in [9.17, 15) is 4.79 Å². The minimum absolute atomic E-state index is 0.187. The molecule has 0 radical (unpaired) electrons. The maximum Gasteiger partial charge on any atom is 0.341 e. The van der Waals surface area contributed by atoms with E-state index in [4.69, 9.17) is 0 Å². The van der Waals surface area contributed by atoms with Gasteiger partial charge >= 0.3 is 6.03 Å². The summed E-state index contributed by atoms with van der Waals surface area (Å²) in [6, 6.07) is -0.187. The zero-order valence-electron chi connectivity index (χ0n) is 6.68. The molecule has 0 rings (SSSR count). The Labute approximate surface area is 61.1 Å². The van der Waals surface area contributed by atoms with Crippen LogP contribution in [0.4, 0.5) is 4.79 Å². The van der Waals surface area contributed by atoms with Gasteiger partial charge in [-0.25, -0.2) is 10.3 Å². The topological polar surface area (TPSA) is 41.6 Å². The molecule has 0 aromatic rings. The van der Waals surface area contributed by atoms with Crippen molar-refractivity contribution in [1.82, 2.24) is 10.4 Å². The van der Waals surface area contributed by atoms with Gasteiger partial charge in [0, 0.05) is 13.1 Å². The van der Waals surface area contributed by atoms with Crippen LogP contribution in [0.25, 0.3) is 0 Å². The van der Waals surface area contributed by atoms with Gasteiger partial charge in [0.15, 0.2) is 0 Å². The monoisotopic (exact) mass is 146 g/mol. The highest BCUT2D eigenvalue weighted by molar-refractivity contribution is 5.72. The molecule has 0 saturated carbocycles. The van der Waals surface area contributed by atoms with E-state index < -0.39 is 0 Å². The molecular formula is C6H14N2O2. The molecule has 0 fully saturated rings. The van der Waals surface area contributed by atoms with Crippen LogP contribution in [-0.4, -0.2) is 31.1 Å². The van der Waals surface area contributed by atoms with Crippen LogP contribution in [-0.2, 0) is 4.84 Å². The summed E-state index contributed by atoms with van der Waals surface area (Å²) in [5, 5.41) is 0. The van der Waals surface area contributed by atoms with Crippen LogP contribution in [0.5, 0.6) is 0 Å². The third-order valence-corrected chi connectivity index (χ3v) is 1.24. The average molecular weight is 146 g/mol. The summed E-state index contributed by atoms with van der Waals surface area (Å²) in [6.45, 7) is 5.23. The molecule has 4 heteroatoms. The van der Waals surface area contributed by atoms with Crippen molar-refractivity contribution in [1.29, 1.82) is 0 Å². The fourth-order valence-electron chi connectivity index (χ4n) is 0.663. The van der Waals surface area contributed by atoms with E-state index in [1.54, 1.807) is 4.90 Å². The van der Waals surface area contributed by atoms with E-state index in [-0.39, 0.29) is 6.03 Å². The lowest BCUT2D eigenvalue weighted by molar-refractivity contribution is 0.0886. The van der Waals surface area contributed by atoms with Gasteiger partial charge in [0.05, 0.1) is 7.11 Å². The van der Waals surface area contributed by atoms with E-state index in [0.29, 0.717) is 13.1 Å². The lowest BCUT2D eigenvalue weighted by Gasteiger charge is -2.17. The van der Waals surface area contributed by atoms with E-state index in [0.717, 1.165) is 0 Å². The van der Waals surface area contributed by atoms with Crippen LogP contribution in [0.15, 0.2) is 0 Å². The summed E-state index contributed by atoms with van der Waals surface area (Å²) in [5.41, 5.74) is 2.23. The van der Waals surface area contributed by atoms with Crippen molar-refractivity contribution in [2.24, 2.45) is 0 Å². The molecule has 4 nitrogen and oxygen atoms in total. The Morgan fingerprint density at radius 2 is 2.00 bits per heavy atom. The second-order valence-electron chi connectivity index (χ2n) is 1.78. The normalized spacial score (nSPS) is 9.10. The highest BCUT2D eigenvalue weighted by Gasteiger charge is 2.06. The average Bonchev–Trinajstić information content (AvgIpc) is 1.91. The van der Waals surface area contributed by atoms with Crippen LogP contribution in [0.1, 0.15) is 13.8 Å². The van der Waals surface area contributed by atoms with Gasteiger partial charge in [-0.3, -0.25) is 4.84 Å². The Hall–Kier alpha value is -0.770. The zero-order valence-corrected chi connectivity index (χ0v) is 6.68. The summed E-state index contributed by atoms with van der Waals surface area (Å²) in [7, 11) is 1.42. The molecule has 0 spiro atoms. The van der Waals surface area contributed by atoms with Gasteiger partial charge in [-0.1, -0.05) is 0 Å². The number of hydroxylamine groups is 1. The van der Waals surface area contributed by atoms with E-state index in [1.807, 2.05) is 13.8 Å². The smallest absolute Gasteiger partial charge is 0.324 e. The van der Waals surface area contributed by atoms with Crippen molar-refractivity contribution in [3.8, 4) is 0 Å². The highest BCUT2D eigenvalue weighted by Crippen LogP contribution is 1.86. The molecule has 0 unspecified atom stereocenters. The molecule has 2 amide bonds. The van der Waals surface area contributed by atoms with Crippen molar-refractivity contribution < 1.29 is 9.63 Å². The predicted molar refractivity (Wildman–Crippen MR) is 38.5 cm³/mol. The van der Waals surface area contributed by atoms with Gasteiger partial charge in [-0.05, 0) is 13.8 Å². The van der Waals surface area contributed by atoms with Crippen LogP contribution in [0, 0.1) is 0 Å². The molecule has 0 aromatic heterocycles. The number of rotatable bonds is 3. The minimum Gasteiger partial charge on any atom is -0.324 e. The number of hydrogen-bond donors (Lipinski definition) is 1. The number of hydrogen-bond acceptors (Lipinski definition) is 2. The molecule has 0 heterocycles. The summed E-state index contributed by atoms with van der Waals surface area (Å²) in [5.74, 6) is 0. The quantitative estimate of drug-likeness (QED) is 0.592. The van der Waals surface area contributed by atoms with Gasteiger partial charge in [-0.15, -0.1) is 0 Å². The first-order valence-corrected chi connectivity index (χ1v) is 3.34. The predicted octanol–water partition coefficient (Wildman–Crippen LogP) is 0.599. The number of urea groups is 1. The van der Waals surface area contributed by atoms with Crippen LogP contribution in [0.3, 0.4) is 0 Å². The Morgan fingerprint density at radius 1 is 1.50 bits per heavy atom. The van der Waals surface area contributed by atoms with Gasteiger partial charge in [-0.2, -0.15) is 0 Å². The zero-order chi connectivity index (χ0) is 7.98. The first kappa shape index (κ1) is 9.23. The number of nitrogens with one attached hydrogen (secondary N) is 1. The third kappa shape index (κ3) is 2.68. The summed E-state index contributed by atoms with van der Waals surface area (Å²) in [4.78, 5) is 17.0. The molecule has 1 N–H and O–H groups in total. The molecule has 0 aliphatic rings. The Kier molecular flexibility index (Phi) is 4.66. The molecule has 0 saturated heterocycles. The number of amides is 2. The van der Waals surface area contributed by atoms with Crippen molar-refractivity contribution in [3.63, 3.8) is 0 Å². The molecule has 0 atom stereocenters. The summed E-state index contributed by atoms with van der Waals surface area (Å²) >= 11 is 0. The van der Waals surface area contributed by atoms with Gasteiger partial charge in [0.2, 0.25) is 0 Å². The van der Waals surface area contributed by atoms with Gasteiger partial charge in [0.1, 0.15) is 0 Å². The molecule has 0 bridgehead atoms. The lowest BCUT2D eigenvalue weighted by atomic mass is 10.5. The second kappa shape index (κ2) is 5.05. The van der Waals surface area contributed by atoms with E-state index >= 15 is 0 Å². The van der Waals surface area contributed by atoms with Gasteiger partial charge < -0.3 is 4.90 Å².